The van der Waals surface area contributed by atoms with Gasteiger partial charge < -0.3 is 19.5 Å². The van der Waals surface area contributed by atoms with Gasteiger partial charge >= 0.3 is 12.0 Å². The first-order chi connectivity index (χ1) is 22.1. The maximum absolute atomic E-state index is 13.5. The number of ether oxygens (including phenoxy) is 3. The van der Waals surface area contributed by atoms with E-state index < -0.39 is 12.0 Å². The summed E-state index contributed by atoms with van der Waals surface area (Å²) in [6.07, 6.45) is 3.14. The van der Waals surface area contributed by atoms with E-state index in [1.165, 1.54) is 6.08 Å². The Balaban J connectivity index is 1.36. The highest BCUT2D eigenvalue weighted by molar-refractivity contribution is 6.07. The Morgan fingerprint density at radius 3 is 2.50 bits per heavy atom. The van der Waals surface area contributed by atoms with Crippen LogP contribution in [0.15, 0.2) is 66.7 Å². The van der Waals surface area contributed by atoms with Crippen molar-refractivity contribution in [3.63, 3.8) is 0 Å². The number of amides is 2. The summed E-state index contributed by atoms with van der Waals surface area (Å²) in [6, 6.07) is 19.0. The molecule has 0 saturated carbocycles. The lowest BCUT2D eigenvalue weighted by atomic mass is 9.92. The number of aromatic nitrogens is 2. The smallest absolute Gasteiger partial charge is 0.330 e. The summed E-state index contributed by atoms with van der Waals surface area (Å²) in [5.74, 6) is 0.884. The zero-order chi connectivity index (χ0) is 32.7. The molecule has 0 spiro atoms. The largest absolute Gasteiger partial charge is 0.492 e. The summed E-state index contributed by atoms with van der Waals surface area (Å²) in [7, 11) is 0. The van der Waals surface area contributed by atoms with Crippen molar-refractivity contribution in [2.75, 3.05) is 56.7 Å². The number of fused-ring (bicyclic) bond motifs is 1. The molecule has 1 fully saturated rings. The van der Waals surface area contributed by atoms with Crippen molar-refractivity contribution in [1.82, 2.24) is 14.7 Å². The number of morpholine rings is 1. The van der Waals surface area contributed by atoms with Crippen molar-refractivity contribution in [1.29, 1.82) is 0 Å². The molecule has 2 N–H and O–H groups in total. The van der Waals surface area contributed by atoms with E-state index in [2.05, 4.69) is 36.3 Å². The fourth-order valence-electron chi connectivity index (χ4n) is 5.21. The first kappa shape index (κ1) is 32.7. The van der Waals surface area contributed by atoms with Gasteiger partial charge in [0.2, 0.25) is 0 Å². The Bertz CT molecular complexity index is 1720. The van der Waals surface area contributed by atoms with Gasteiger partial charge in [0.25, 0.3) is 0 Å². The third-order valence-electron chi connectivity index (χ3n) is 7.81. The number of aryl methyl sites for hydroxylation is 1. The summed E-state index contributed by atoms with van der Waals surface area (Å²) in [5, 5.41) is 12.7. The number of carbonyl (C=O) groups is 2. The van der Waals surface area contributed by atoms with Crippen LogP contribution in [0.5, 0.6) is 5.75 Å². The van der Waals surface area contributed by atoms with Crippen LogP contribution in [0.4, 0.5) is 16.3 Å². The lowest BCUT2D eigenvalue weighted by Crippen LogP contribution is -2.38. The van der Waals surface area contributed by atoms with Crippen molar-refractivity contribution >= 4 is 40.4 Å². The molecule has 5 rings (SSSR count). The van der Waals surface area contributed by atoms with E-state index >= 15 is 0 Å². The molecule has 0 unspecified atom stereocenters. The zero-order valence-electron chi connectivity index (χ0n) is 27.3. The highest BCUT2D eigenvalue weighted by atomic mass is 16.5. The van der Waals surface area contributed by atoms with Gasteiger partial charge in [0.05, 0.1) is 36.9 Å². The number of nitrogens with one attached hydrogen (secondary N) is 2. The van der Waals surface area contributed by atoms with E-state index in [9.17, 15) is 9.59 Å². The maximum Gasteiger partial charge on any atom is 0.330 e. The number of hydrogen-bond acceptors (Lipinski definition) is 7. The van der Waals surface area contributed by atoms with Gasteiger partial charge in [0.1, 0.15) is 18.2 Å². The second kappa shape index (κ2) is 14.6. The highest BCUT2D eigenvalue weighted by Gasteiger charge is 2.22. The van der Waals surface area contributed by atoms with E-state index in [4.69, 9.17) is 19.3 Å². The summed E-state index contributed by atoms with van der Waals surface area (Å²) in [6.45, 7) is 15.0. The molecule has 10 heteroatoms. The Morgan fingerprint density at radius 1 is 1.00 bits per heavy atom. The molecule has 1 aromatic heterocycles. The first-order valence-corrected chi connectivity index (χ1v) is 15.7. The SMILES string of the molecule is CCOC(=O)C=Cc1cc(-n2nc(C(C)(C)C)cc2NC(=O)Nc2ccc(OCCN3CCOCC3)c3ccccc23)ccc1C. The molecule has 1 aliphatic rings. The number of hydrogen-bond donors (Lipinski definition) is 2. The number of rotatable bonds is 10. The van der Waals surface area contributed by atoms with Crippen LogP contribution in [-0.4, -0.2) is 72.7 Å². The van der Waals surface area contributed by atoms with Gasteiger partial charge in [0, 0.05) is 48.0 Å². The first-order valence-electron chi connectivity index (χ1n) is 15.7. The maximum atomic E-state index is 13.5. The third kappa shape index (κ3) is 8.13. The van der Waals surface area contributed by atoms with Gasteiger partial charge in [-0.2, -0.15) is 5.10 Å². The molecular weight excluding hydrogens is 582 g/mol. The number of esters is 1. The van der Waals surface area contributed by atoms with Gasteiger partial charge in [-0.1, -0.05) is 51.1 Å². The van der Waals surface area contributed by atoms with Crippen molar-refractivity contribution < 1.29 is 23.8 Å². The van der Waals surface area contributed by atoms with Crippen LogP contribution >= 0.6 is 0 Å². The van der Waals surface area contributed by atoms with Gasteiger partial charge in [-0.05, 0) is 55.3 Å². The molecule has 1 saturated heterocycles. The molecule has 46 heavy (non-hydrogen) atoms. The van der Waals surface area contributed by atoms with E-state index in [-0.39, 0.29) is 5.41 Å². The number of urea groups is 1. The minimum absolute atomic E-state index is 0.261. The predicted octanol–water partition coefficient (Wildman–Crippen LogP) is 6.56. The Hall–Kier alpha value is -4.67. The van der Waals surface area contributed by atoms with Gasteiger partial charge in [0.15, 0.2) is 0 Å². The van der Waals surface area contributed by atoms with Crippen LogP contribution in [0.25, 0.3) is 22.5 Å². The van der Waals surface area contributed by atoms with Crippen molar-refractivity contribution in [3.8, 4) is 11.4 Å². The fourth-order valence-corrected chi connectivity index (χ4v) is 5.21. The number of carbonyl (C=O) groups excluding carboxylic acids is 2. The molecule has 0 radical (unpaired) electrons. The van der Waals surface area contributed by atoms with E-state index in [0.29, 0.717) is 24.7 Å². The minimum atomic E-state index is -0.402. The van der Waals surface area contributed by atoms with Crippen molar-refractivity contribution in [2.45, 2.75) is 40.0 Å². The topological polar surface area (TPSA) is 107 Å². The molecular formula is C36H43N5O5. The molecule has 0 aliphatic carbocycles. The summed E-state index contributed by atoms with van der Waals surface area (Å²) in [4.78, 5) is 27.8. The summed E-state index contributed by atoms with van der Waals surface area (Å²) >= 11 is 0. The lowest BCUT2D eigenvalue weighted by Gasteiger charge is -2.26. The molecule has 3 aromatic carbocycles. The number of benzene rings is 3. The summed E-state index contributed by atoms with van der Waals surface area (Å²) < 4.78 is 18.4. The normalized spacial score (nSPS) is 14.0. The molecule has 242 valence electrons. The molecule has 2 amide bonds. The molecule has 4 aromatic rings. The average molecular weight is 626 g/mol. The Labute approximate surface area is 270 Å². The van der Waals surface area contributed by atoms with Crippen molar-refractivity contribution in [2.24, 2.45) is 0 Å². The van der Waals surface area contributed by atoms with E-state index in [1.807, 2.05) is 67.6 Å². The summed E-state index contributed by atoms with van der Waals surface area (Å²) in [5.41, 5.74) is 3.79. The fraction of sp³-hybridized carbons (Fsp3) is 0.361. The number of anilines is 2. The zero-order valence-corrected chi connectivity index (χ0v) is 27.3. The van der Waals surface area contributed by atoms with Crippen LogP contribution in [-0.2, 0) is 19.7 Å². The third-order valence-corrected chi connectivity index (χ3v) is 7.81. The molecule has 1 aliphatic heterocycles. The van der Waals surface area contributed by atoms with Gasteiger partial charge in [-0.3, -0.25) is 10.2 Å². The average Bonchev–Trinajstić information content (AvgIpc) is 3.46. The van der Waals surface area contributed by atoms with Crippen LogP contribution < -0.4 is 15.4 Å². The molecule has 0 bridgehead atoms. The Morgan fingerprint density at radius 2 is 1.76 bits per heavy atom. The predicted molar refractivity (Wildman–Crippen MR) is 182 cm³/mol. The van der Waals surface area contributed by atoms with Gasteiger partial charge in [-0.25, -0.2) is 14.3 Å². The van der Waals surface area contributed by atoms with E-state index in [0.717, 1.165) is 71.9 Å². The van der Waals surface area contributed by atoms with Crippen LogP contribution in [0, 0.1) is 6.92 Å². The number of nitrogens with zero attached hydrogens (tertiary/aromatic N) is 3. The molecule has 0 atom stereocenters. The second-order valence-electron chi connectivity index (χ2n) is 12.2. The standard InChI is InChI=1S/C36H43N5O5/c1-6-45-34(42)16-12-26-23-27(13-11-25(26)2)41-33(24-32(39-41)36(3,4)5)38-35(43)37-30-14-15-31(29-10-8-7-9-28(29)30)46-22-19-40-17-20-44-21-18-40/h7-16,23-24H,6,17-22H2,1-5H3,(H2,37,38,43). The minimum Gasteiger partial charge on any atom is -0.492 e. The second-order valence-corrected chi connectivity index (χ2v) is 12.2. The lowest BCUT2D eigenvalue weighted by molar-refractivity contribution is -0.137. The van der Waals surface area contributed by atoms with E-state index in [1.54, 1.807) is 17.7 Å². The highest BCUT2D eigenvalue weighted by Crippen LogP contribution is 2.32. The molecule has 10 nitrogen and oxygen atoms in total. The Kier molecular flexibility index (Phi) is 10.4. The van der Waals surface area contributed by atoms with Crippen LogP contribution in [0.1, 0.15) is 44.5 Å². The van der Waals surface area contributed by atoms with Crippen LogP contribution in [0.2, 0.25) is 0 Å². The van der Waals surface area contributed by atoms with Gasteiger partial charge in [-0.15, -0.1) is 0 Å². The quantitative estimate of drug-likeness (QED) is 0.152. The van der Waals surface area contributed by atoms with Crippen LogP contribution in [0.3, 0.4) is 0 Å². The van der Waals surface area contributed by atoms with Crippen molar-refractivity contribution in [3.05, 3.63) is 83.6 Å². The molecule has 2 heterocycles. The monoisotopic (exact) mass is 625 g/mol.